The largest absolute Gasteiger partial charge is 0.464 e. The van der Waals surface area contributed by atoms with Crippen molar-refractivity contribution in [2.45, 2.75) is 13.8 Å². The Hall–Kier alpha value is -2.97. The van der Waals surface area contributed by atoms with Crippen LogP contribution in [-0.4, -0.2) is 35.0 Å². The van der Waals surface area contributed by atoms with E-state index in [-0.39, 0.29) is 11.6 Å². The van der Waals surface area contributed by atoms with Gasteiger partial charge in [-0.3, -0.25) is 4.79 Å². The molecule has 0 aliphatic heterocycles. The Labute approximate surface area is 184 Å². The fourth-order valence-corrected chi connectivity index (χ4v) is 3.10. The molecule has 0 unspecified atom stereocenters. The van der Waals surface area contributed by atoms with E-state index in [0.717, 1.165) is 5.69 Å². The first-order valence-electron chi connectivity index (χ1n) is 9.15. The molecule has 1 aromatic heterocycles. The van der Waals surface area contributed by atoms with Crippen LogP contribution in [0.4, 0.5) is 11.4 Å². The molecular weight excluding hydrogens is 424 g/mol. The number of nitrogens with one attached hydrogen (secondary N) is 2. The molecule has 0 saturated heterocycles. The molecule has 0 saturated carbocycles. The maximum absolute atomic E-state index is 12.7. The van der Waals surface area contributed by atoms with Gasteiger partial charge in [0.05, 0.1) is 12.8 Å². The molecule has 3 rings (SSSR count). The second kappa shape index (κ2) is 11.3. The smallest absolute Gasteiger partial charge is 0.358 e. The second-order valence-electron chi connectivity index (χ2n) is 5.68. The number of methoxy groups -OCH3 is 1. The lowest BCUT2D eigenvalue weighted by Crippen LogP contribution is -2.12. The van der Waals surface area contributed by atoms with E-state index in [2.05, 4.69) is 19.9 Å². The van der Waals surface area contributed by atoms with E-state index in [4.69, 9.17) is 11.6 Å². The van der Waals surface area contributed by atoms with Crippen molar-refractivity contribution >= 4 is 46.8 Å². The van der Waals surface area contributed by atoms with Gasteiger partial charge in [0, 0.05) is 34.4 Å². The van der Waals surface area contributed by atoms with Gasteiger partial charge >= 0.3 is 5.97 Å². The normalized spacial score (nSPS) is 9.90. The van der Waals surface area contributed by atoms with Crippen LogP contribution in [0.2, 0.25) is 5.02 Å². The van der Waals surface area contributed by atoms with Gasteiger partial charge < -0.3 is 14.8 Å². The predicted molar refractivity (Wildman–Crippen MR) is 123 cm³/mol. The number of aromatic nitrogens is 2. The fourth-order valence-electron chi connectivity index (χ4n) is 2.51. The molecule has 1 heterocycles. The van der Waals surface area contributed by atoms with Crippen molar-refractivity contribution < 1.29 is 14.3 Å². The first-order valence-corrected chi connectivity index (χ1v) is 10.8. The molecule has 0 aliphatic carbocycles. The highest BCUT2D eigenvalue weighted by Crippen LogP contribution is 2.24. The van der Waals surface area contributed by atoms with Gasteiger partial charge in [-0.15, -0.1) is 0 Å². The third-order valence-electron chi connectivity index (χ3n) is 3.73. The highest BCUT2D eigenvalue weighted by molar-refractivity contribution is 7.99. The number of nitrogens with zero attached hydrogens (tertiary/aromatic N) is 2. The van der Waals surface area contributed by atoms with Gasteiger partial charge in [-0.25, -0.2) is 9.48 Å². The molecule has 9 heteroatoms. The number of carbonyl (C=O) groups is 2. The first kappa shape index (κ1) is 23.3. The number of carbonyl (C=O) groups excluding carboxylic acids is 2. The molecule has 0 bridgehead atoms. The highest BCUT2D eigenvalue weighted by Gasteiger charge is 2.12. The Morgan fingerprint density at radius 2 is 1.83 bits per heavy atom. The van der Waals surface area contributed by atoms with Gasteiger partial charge in [0.1, 0.15) is 0 Å². The van der Waals surface area contributed by atoms with Crippen molar-refractivity contribution in [1.29, 1.82) is 0 Å². The first-order chi connectivity index (χ1) is 14.5. The number of anilines is 2. The lowest BCUT2D eigenvalue weighted by Gasteiger charge is -2.10. The van der Waals surface area contributed by atoms with Gasteiger partial charge in [-0.2, -0.15) is 5.10 Å². The van der Waals surface area contributed by atoms with Crippen LogP contribution in [0.3, 0.4) is 0 Å². The summed E-state index contributed by atoms with van der Waals surface area (Å²) in [6.45, 7) is 4.00. The number of halogens is 1. The van der Waals surface area contributed by atoms with Crippen LogP contribution in [0.15, 0.2) is 54.7 Å². The summed E-state index contributed by atoms with van der Waals surface area (Å²) in [7, 11) is 1.29. The zero-order valence-electron chi connectivity index (χ0n) is 17.1. The molecule has 0 atom stereocenters. The third kappa shape index (κ3) is 6.01. The number of benzene rings is 2. The number of ether oxygens (including phenoxy) is 1. The second-order valence-corrected chi connectivity index (χ2v) is 6.73. The average Bonchev–Trinajstić information content (AvgIpc) is 3.25. The summed E-state index contributed by atoms with van der Waals surface area (Å²) in [5.41, 5.74) is 2.62. The molecule has 0 radical (unpaired) electrons. The van der Waals surface area contributed by atoms with Gasteiger partial charge in [0.25, 0.3) is 5.91 Å². The lowest BCUT2D eigenvalue weighted by molar-refractivity contribution is 0.0593. The minimum absolute atomic E-state index is 0.185. The van der Waals surface area contributed by atoms with E-state index in [1.54, 1.807) is 54.7 Å². The SMILES string of the molecule is CC.COC(=O)c1ccn(-c2cccc(C(=O)Nc3cc(Cl)cc(NSC)c3)c2)n1. The summed E-state index contributed by atoms with van der Waals surface area (Å²) in [6.07, 6.45) is 3.52. The van der Waals surface area contributed by atoms with Crippen LogP contribution < -0.4 is 10.0 Å². The summed E-state index contributed by atoms with van der Waals surface area (Å²) < 4.78 is 9.24. The minimum atomic E-state index is -0.525. The van der Waals surface area contributed by atoms with Gasteiger partial charge in [0.15, 0.2) is 5.69 Å². The molecule has 30 heavy (non-hydrogen) atoms. The van der Waals surface area contributed by atoms with Crippen LogP contribution in [0, 0.1) is 0 Å². The maximum atomic E-state index is 12.7. The van der Waals surface area contributed by atoms with Gasteiger partial charge in [-0.05, 0) is 42.5 Å². The van der Waals surface area contributed by atoms with E-state index in [0.29, 0.717) is 22.0 Å². The van der Waals surface area contributed by atoms with Gasteiger partial charge in [0.2, 0.25) is 0 Å². The topological polar surface area (TPSA) is 85.2 Å². The summed E-state index contributed by atoms with van der Waals surface area (Å²) >= 11 is 7.54. The Balaban J connectivity index is 0.00000155. The van der Waals surface area contributed by atoms with Gasteiger partial charge in [-0.1, -0.05) is 43.5 Å². The van der Waals surface area contributed by atoms with E-state index in [1.165, 1.54) is 23.7 Å². The van der Waals surface area contributed by atoms with E-state index < -0.39 is 5.97 Å². The standard InChI is InChI=1S/C19H17ClN4O3S.C2H6/c1-27-19(26)17-6-7-24(22-17)16-5-3-4-12(8-16)18(25)21-14-9-13(20)10-15(11-14)23-28-2;1-2/h3-11,23H,1-2H3,(H,21,25);1-2H3. The zero-order valence-corrected chi connectivity index (χ0v) is 18.7. The van der Waals surface area contributed by atoms with Crippen molar-refractivity contribution in [3.05, 3.63) is 71.0 Å². The quantitative estimate of drug-likeness (QED) is 0.395. The zero-order chi connectivity index (χ0) is 22.1. The van der Waals surface area contributed by atoms with Crippen LogP contribution in [-0.2, 0) is 4.74 Å². The van der Waals surface area contributed by atoms with Crippen molar-refractivity contribution in [2.75, 3.05) is 23.4 Å². The Kier molecular flexibility index (Phi) is 8.76. The number of hydrogen-bond donors (Lipinski definition) is 2. The number of amides is 1. The summed E-state index contributed by atoms with van der Waals surface area (Å²) in [4.78, 5) is 24.2. The number of rotatable bonds is 6. The summed E-state index contributed by atoms with van der Waals surface area (Å²) in [6, 6.07) is 13.7. The third-order valence-corrected chi connectivity index (χ3v) is 4.39. The Morgan fingerprint density at radius 1 is 1.10 bits per heavy atom. The van der Waals surface area contributed by atoms with Crippen LogP contribution in [0.5, 0.6) is 0 Å². The molecule has 1 amide bonds. The van der Waals surface area contributed by atoms with Crippen molar-refractivity contribution in [3.8, 4) is 5.69 Å². The highest BCUT2D eigenvalue weighted by atomic mass is 35.5. The Bertz CT molecular complexity index is 1020. The Morgan fingerprint density at radius 3 is 2.53 bits per heavy atom. The van der Waals surface area contributed by atoms with Crippen LogP contribution >= 0.6 is 23.5 Å². The number of hydrogen-bond acceptors (Lipinski definition) is 6. The molecule has 2 aromatic carbocycles. The summed E-state index contributed by atoms with van der Waals surface area (Å²) in [5, 5.41) is 7.50. The van der Waals surface area contributed by atoms with E-state index in [1.807, 2.05) is 20.1 Å². The van der Waals surface area contributed by atoms with E-state index >= 15 is 0 Å². The fraction of sp³-hybridized carbons (Fsp3) is 0.190. The minimum Gasteiger partial charge on any atom is -0.464 e. The maximum Gasteiger partial charge on any atom is 0.358 e. The monoisotopic (exact) mass is 446 g/mol. The average molecular weight is 447 g/mol. The van der Waals surface area contributed by atoms with Crippen LogP contribution in [0.25, 0.3) is 5.69 Å². The van der Waals surface area contributed by atoms with E-state index in [9.17, 15) is 9.59 Å². The molecule has 158 valence electrons. The molecule has 0 aliphatic rings. The molecule has 2 N–H and O–H groups in total. The molecule has 0 spiro atoms. The van der Waals surface area contributed by atoms with Crippen molar-refractivity contribution in [2.24, 2.45) is 0 Å². The lowest BCUT2D eigenvalue weighted by atomic mass is 10.2. The predicted octanol–water partition coefficient (Wildman–Crippen LogP) is 5.28. The molecule has 7 nitrogen and oxygen atoms in total. The van der Waals surface area contributed by atoms with Crippen molar-refractivity contribution in [1.82, 2.24) is 9.78 Å². The summed E-state index contributed by atoms with van der Waals surface area (Å²) in [5.74, 6) is -0.817. The molecule has 0 fully saturated rings. The van der Waals surface area contributed by atoms with Crippen molar-refractivity contribution in [3.63, 3.8) is 0 Å². The number of esters is 1. The molecule has 3 aromatic rings. The van der Waals surface area contributed by atoms with Crippen LogP contribution in [0.1, 0.15) is 34.7 Å². The molecular formula is C21H23ClN4O3S.